The normalized spacial score (nSPS) is 9.53. The summed E-state index contributed by atoms with van der Waals surface area (Å²) in [6, 6.07) is 1.28. The molecule has 1 rings (SSSR count). The number of hydrogen-bond donors (Lipinski definition) is 1. The molecule has 1 aromatic rings. The summed E-state index contributed by atoms with van der Waals surface area (Å²) in [5, 5.41) is 9.36. The summed E-state index contributed by atoms with van der Waals surface area (Å²) in [7, 11) is 1.23. The lowest BCUT2D eigenvalue weighted by Gasteiger charge is -2.08. The zero-order valence-electron chi connectivity index (χ0n) is 7.75. The van der Waals surface area contributed by atoms with E-state index in [4.69, 9.17) is 11.6 Å². The largest absolute Gasteiger partial charge is 0.504 e. The molecule has 0 saturated carbocycles. The minimum absolute atomic E-state index is 0.00361. The second-order valence-corrected chi connectivity index (χ2v) is 3.03. The number of methoxy groups -OCH3 is 1. The molecule has 1 N–H and O–H groups in total. The van der Waals surface area contributed by atoms with Crippen LogP contribution in [-0.2, 0) is 11.3 Å². The molecule has 6 heteroatoms. The zero-order valence-corrected chi connectivity index (χ0v) is 8.51. The first-order valence-corrected chi connectivity index (χ1v) is 4.27. The van der Waals surface area contributed by atoms with Crippen LogP contribution in [0, 0.1) is 5.82 Å². The van der Waals surface area contributed by atoms with Gasteiger partial charge in [0.1, 0.15) is 0 Å². The van der Waals surface area contributed by atoms with Crippen molar-refractivity contribution in [2.75, 3.05) is 7.11 Å². The molecule has 0 bridgehead atoms. The van der Waals surface area contributed by atoms with Crippen molar-refractivity contribution >= 4 is 17.7 Å². The summed E-state index contributed by atoms with van der Waals surface area (Å²) in [5.41, 5.74) is 0.0988. The molecule has 0 aliphatic rings. The number of isocyanates is 1. The number of aliphatic imine (C=N–C) groups is 1. The summed E-state index contributed by atoms with van der Waals surface area (Å²) in [6.07, 6.45) is 1.28. The molecule has 0 amide bonds. The van der Waals surface area contributed by atoms with Crippen LogP contribution in [0.4, 0.5) is 4.39 Å². The molecular formula is C9H7ClFNO3. The second kappa shape index (κ2) is 4.77. The first-order chi connectivity index (χ1) is 7.11. The summed E-state index contributed by atoms with van der Waals surface area (Å²) >= 11 is 5.67. The monoisotopic (exact) mass is 231 g/mol. The van der Waals surface area contributed by atoms with Gasteiger partial charge in [0.05, 0.1) is 18.7 Å². The predicted octanol–water partition coefficient (Wildman–Crippen LogP) is 2.03. The van der Waals surface area contributed by atoms with E-state index in [1.807, 2.05) is 0 Å². The third-order valence-electron chi connectivity index (χ3n) is 1.75. The third kappa shape index (κ3) is 2.26. The average molecular weight is 232 g/mol. The fraction of sp³-hybridized carbons (Fsp3) is 0.222. The molecule has 0 saturated heterocycles. The minimum Gasteiger partial charge on any atom is -0.504 e. The molecule has 0 aromatic heterocycles. The van der Waals surface area contributed by atoms with Gasteiger partial charge in [-0.2, -0.15) is 4.39 Å². The first-order valence-electron chi connectivity index (χ1n) is 3.89. The number of phenolic OH excluding ortho intramolecular Hbond substituents is 1. The Kier molecular flexibility index (Phi) is 3.66. The molecule has 15 heavy (non-hydrogen) atoms. The van der Waals surface area contributed by atoms with Gasteiger partial charge in [-0.25, -0.2) is 9.79 Å². The number of carbonyl (C=O) groups excluding carboxylic acids is 1. The Morgan fingerprint density at radius 1 is 1.73 bits per heavy atom. The van der Waals surface area contributed by atoms with E-state index in [0.717, 1.165) is 0 Å². The van der Waals surface area contributed by atoms with Crippen LogP contribution in [0.3, 0.4) is 0 Å². The molecular weight excluding hydrogens is 225 g/mol. The second-order valence-electron chi connectivity index (χ2n) is 2.62. The lowest BCUT2D eigenvalue weighted by Crippen LogP contribution is -1.94. The number of aromatic hydroxyl groups is 1. The highest BCUT2D eigenvalue weighted by Gasteiger charge is 2.17. The maximum Gasteiger partial charge on any atom is 0.235 e. The van der Waals surface area contributed by atoms with E-state index in [9.17, 15) is 14.3 Å². The van der Waals surface area contributed by atoms with Crippen molar-refractivity contribution in [3.05, 3.63) is 22.5 Å². The quantitative estimate of drug-likeness (QED) is 0.640. The predicted molar refractivity (Wildman–Crippen MR) is 51.5 cm³/mol. The van der Waals surface area contributed by atoms with Crippen molar-refractivity contribution in [1.29, 1.82) is 0 Å². The van der Waals surface area contributed by atoms with E-state index in [2.05, 4.69) is 9.73 Å². The lowest BCUT2D eigenvalue weighted by atomic mass is 10.2. The van der Waals surface area contributed by atoms with Crippen LogP contribution in [0.1, 0.15) is 5.56 Å². The van der Waals surface area contributed by atoms with Gasteiger partial charge in [-0.3, -0.25) is 0 Å². The average Bonchev–Trinajstić information content (AvgIpc) is 2.22. The summed E-state index contributed by atoms with van der Waals surface area (Å²) in [5.74, 6) is -1.84. The zero-order chi connectivity index (χ0) is 11.4. The van der Waals surface area contributed by atoms with Crippen LogP contribution >= 0.6 is 11.6 Å². The number of hydrogen-bond acceptors (Lipinski definition) is 4. The van der Waals surface area contributed by atoms with Gasteiger partial charge in [-0.1, -0.05) is 11.6 Å². The number of ether oxygens (including phenoxy) is 1. The summed E-state index contributed by atoms with van der Waals surface area (Å²) in [4.78, 5) is 13.1. The maximum absolute atomic E-state index is 13.4. The molecule has 0 aliphatic carbocycles. The van der Waals surface area contributed by atoms with Crippen molar-refractivity contribution in [3.63, 3.8) is 0 Å². The Morgan fingerprint density at radius 2 is 2.40 bits per heavy atom. The molecule has 0 heterocycles. The smallest absolute Gasteiger partial charge is 0.235 e. The molecule has 4 nitrogen and oxygen atoms in total. The van der Waals surface area contributed by atoms with Crippen LogP contribution in [0.15, 0.2) is 11.1 Å². The molecule has 0 fully saturated rings. The van der Waals surface area contributed by atoms with Crippen molar-refractivity contribution in [2.24, 2.45) is 4.99 Å². The van der Waals surface area contributed by atoms with Gasteiger partial charge < -0.3 is 9.84 Å². The van der Waals surface area contributed by atoms with Gasteiger partial charge in [0.2, 0.25) is 11.9 Å². The Bertz CT molecular complexity index is 430. The van der Waals surface area contributed by atoms with Crippen LogP contribution < -0.4 is 4.74 Å². The van der Waals surface area contributed by atoms with E-state index < -0.39 is 11.6 Å². The highest BCUT2D eigenvalue weighted by molar-refractivity contribution is 6.32. The van der Waals surface area contributed by atoms with Crippen LogP contribution in [0.25, 0.3) is 0 Å². The number of rotatable bonds is 3. The number of phenols is 1. The van der Waals surface area contributed by atoms with Gasteiger partial charge >= 0.3 is 0 Å². The molecule has 1 aromatic carbocycles. The van der Waals surface area contributed by atoms with Crippen LogP contribution in [0.5, 0.6) is 11.5 Å². The van der Waals surface area contributed by atoms with E-state index in [1.54, 1.807) is 0 Å². The van der Waals surface area contributed by atoms with E-state index in [0.29, 0.717) is 0 Å². The SMILES string of the molecule is COc1c(Cl)cc(CN=C=O)c(O)c1F. The third-order valence-corrected chi connectivity index (χ3v) is 2.03. The van der Waals surface area contributed by atoms with E-state index in [-0.39, 0.29) is 22.9 Å². The van der Waals surface area contributed by atoms with E-state index in [1.165, 1.54) is 19.3 Å². The Hall–Kier alpha value is -1.58. The Balaban J connectivity index is 3.26. The summed E-state index contributed by atoms with van der Waals surface area (Å²) in [6.45, 7) is -0.185. The Labute approximate surface area is 90.0 Å². The lowest BCUT2D eigenvalue weighted by molar-refractivity contribution is 0.362. The van der Waals surface area contributed by atoms with Gasteiger partial charge in [-0.15, -0.1) is 0 Å². The Morgan fingerprint density at radius 3 is 2.93 bits per heavy atom. The van der Waals surface area contributed by atoms with E-state index >= 15 is 0 Å². The van der Waals surface area contributed by atoms with Crippen molar-refractivity contribution in [1.82, 2.24) is 0 Å². The molecule has 0 aliphatic heterocycles. The molecule has 80 valence electrons. The van der Waals surface area contributed by atoms with Gasteiger partial charge in [0.25, 0.3) is 0 Å². The highest BCUT2D eigenvalue weighted by atomic mass is 35.5. The van der Waals surface area contributed by atoms with Crippen LogP contribution in [0.2, 0.25) is 5.02 Å². The maximum atomic E-state index is 13.4. The van der Waals surface area contributed by atoms with Crippen molar-refractivity contribution in [2.45, 2.75) is 6.54 Å². The highest BCUT2D eigenvalue weighted by Crippen LogP contribution is 2.36. The number of nitrogens with zero attached hydrogens (tertiary/aromatic N) is 1. The molecule has 0 unspecified atom stereocenters. The molecule has 0 radical (unpaired) electrons. The minimum atomic E-state index is -0.971. The van der Waals surface area contributed by atoms with Crippen molar-refractivity contribution in [3.8, 4) is 11.5 Å². The standard InChI is InChI=1S/C9H7ClFNO3/c1-15-9-6(10)2-5(3-12-4-13)8(14)7(9)11/h2,14H,3H2,1H3. The first kappa shape index (κ1) is 11.5. The summed E-state index contributed by atoms with van der Waals surface area (Å²) < 4.78 is 18.0. The van der Waals surface area contributed by atoms with Crippen molar-refractivity contribution < 1.29 is 19.0 Å². The number of halogens is 2. The molecule has 0 spiro atoms. The van der Waals surface area contributed by atoms with Gasteiger partial charge in [0.15, 0.2) is 11.5 Å². The van der Waals surface area contributed by atoms with Gasteiger partial charge in [-0.05, 0) is 6.07 Å². The number of benzene rings is 1. The molecule has 0 atom stereocenters. The van der Waals surface area contributed by atoms with Crippen LogP contribution in [-0.4, -0.2) is 18.3 Å². The van der Waals surface area contributed by atoms with Gasteiger partial charge in [0, 0.05) is 5.56 Å². The fourth-order valence-corrected chi connectivity index (χ4v) is 1.36. The fourth-order valence-electron chi connectivity index (χ4n) is 1.07. The topological polar surface area (TPSA) is 58.9 Å².